The van der Waals surface area contributed by atoms with Crippen LogP contribution >= 0.6 is 0 Å². The molecule has 3 heterocycles. The fraction of sp³-hybridized carbons (Fsp3) is 0. The minimum absolute atomic E-state index is 0. The summed E-state index contributed by atoms with van der Waals surface area (Å²) in [6.45, 7) is 0. The Hall–Kier alpha value is -6.08. The van der Waals surface area contributed by atoms with Gasteiger partial charge in [0.25, 0.3) is 0 Å². The van der Waals surface area contributed by atoms with Crippen LogP contribution in [0.3, 0.4) is 0 Å². The number of para-hydroxylation sites is 4. The summed E-state index contributed by atoms with van der Waals surface area (Å²) in [6, 6.07) is 55.2. The van der Waals surface area contributed by atoms with Gasteiger partial charge in [-0.3, -0.25) is 9.55 Å². The molecule has 0 unspecified atom stereocenters. The SMILES string of the molecule is N#Cc1cnc(-c2[c-]c(-c3cccc4c3nc(-c3cccc5c3[n-]c3ccccc35)n4-c3ccccc3)ccc2)cc1-c1ccccc1.[Pt+2]. The third kappa shape index (κ3) is 5.15. The average Bonchev–Trinajstić information content (AvgIpc) is 3.74. The zero-order chi connectivity index (χ0) is 32.0. The van der Waals surface area contributed by atoms with Crippen molar-refractivity contribution in [3.63, 3.8) is 0 Å². The molecule has 6 aromatic carbocycles. The van der Waals surface area contributed by atoms with Gasteiger partial charge in [0.15, 0.2) is 0 Å². The molecule has 5 nitrogen and oxygen atoms in total. The van der Waals surface area contributed by atoms with Gasteiger partial charge in [-0.1, -0.05) is 120 Å². The topological polar surface area (TPSA) is 68.6 Å². The van der Waals surface area contributed by atoms with Gasteiger partial charge in [-0.2, -0.15) is 5.26 Å². The van der Waals surface area contributed by atoms with Gasteiger partial charge in [0, 0.05) is 23.1 Å². The van der Waals surface area contributed by atoms with Gasteiger partial charge in [-0.05, 0) is 40.1 Å². The molecule has 3 aromatic heterocycles. The van der Waals surface area contributed by atoms with Crippen LogP contribution in [0.4, 0.5) is 0 Å². The van der Waals surface area contributed by atoms with Crippen LogP contribution in [0.1, 0.15) is 5.56 Å². The van der Waals surface area contributed by atoms with Crippen LogP contribution in [0.2, 0.25) is 0 Å². The van der Waals surface area contributed by atoms with Crippen LogP contribution in [0.25, 0.3) is 83.4 Å². The van der Waals surface area contributed by atoms with E-state index in [0.717, 1.165) is 83.4 Å². The molecule has 0 bridgehead atoms. The van der Waals surface area contributed by atoms with Gasteiger partial charge < -0.3 is 4.98 Å². The Morgan fingerprint density at radius 2 is 1.35 bits per heavy atom. The number of benzene rings is 6. The number of rotatable bonds is 5. The van der Waals surface area contributed by atoms with Crippen molar-refractivity contribution in [1.82, 2.24) is 19.5 Å². The second-order valence-electron chi connectivity index (χ2n) is 11.7. The molecule has 0 aliphatic heterocycles. The summed E-state index contributed by atoms with van der Waals surface area (Å²) in [6.07, 6.45) is 1.65. The first kappa shape index (κ1) is 30.3. The van der Waals surface area contributed by atoms with E-state index in [2.05, 4.69) is 107 Å². The van der Waals surface area contributed by atoms with Crippen LogP contribution in [-0.4, -0.2) is 14.5 Å². The summed E-state index contributed by atoms with van der Waals surface area (Å²) >= 11 is 0. The average molecular weight is 807 g/mol. The molecule has 0 atom stereocenters. The minimum Gasteiger partial charge on any atom is -0.656 e. The van der Waals surface area contributed by atoms with Crippen LogP contribution in [0.15, 0.2) is 152 Å². The van der Waals surface area contributed by atoms with Gasteiger partial charge in [-0.15, -0.1) is 40.9 Å². The summed E-state index contributed by atoms with van der Waals surface area (Å²) in [7, 11) is 0. The maximum atomic E-state index is 9.81. The second-order valence-corrected chi connectivity index (χ2v) is 11.7. The largest absolute Gasteiger partial charge is 2.00 e. The van der Waals surface area contributed by atoms with Crippen LogP contribution in [0.5, 0.6) is 0 Å². The van der Waals surface area contributed by atoms with Crippen LogP contribution in [-0.2, 0) is 21.1 Å². The van der Waals surface area contributed by atoms with E-state index in [-0.39, 0.29) is 21.1 Å². The summed E-state index contributed by atoms with van der Waals surface area (Å²) in [5.74, 6) is 0.828. The van der Waals surface area contributed by atoms with E-state index in [1.165, 1.54) is 0 Å². The van der Waals surface area contributed by atoms with Gasteiger partial charge in [-0.25, -0.2) is 4.98 Å². The Morgan fingerprint density at radius 1 is 0.653 bits per heavy atom. The summed E-state index contributed by atoms with van der Waals surface area (Å²) < 4.78 is 2.23. The number of hydrogen-bond acceptors (Lipinski definition) is 3. The van der Waals surface area contributed by atoms with Crippen molar-refractivity contribution in [3.8, 4) is 56.7 Å². The number of hydrogen-bond donors (Lipinski definition) is 0. The van der Waals surface area contributed by atoms with E-state index >= 15 is 0 Å². The number of pyridine rings is 1. The quantitative estimate of drug-likeness (QED) is 0.163. The first-order chi connectivity index (χ1) is 23.8. The van der Waals surface area contributed by atoms with Gasteiger partial charge in [0.05, 0.1) is 16.6 Å². The Morgan fingerprint density at radius 3 is 2.18 bits per heavy atom. The summed E-state index contributed by atoms with van der Waals surface area (Å²) in [4.78, 5) is 15.1. The van der Waals surface area contributed by atoms with Crippen molar-refractivity contribution in [2.45, 2.75) is 0 Å². The number of aromatic nitrogens is 4. The van der Waals surface area contributed by atoms with Crippen molar-refractivity contribution in [1.29, 1.82) is 5.26 Å². The molecule has 0 aliphatic rings. The molecule has 0 amide bonds. The third-order valence-corrected chi connectivity index (χ3v) is 8.87. The Kier molecular flexibility index (Phi) is 7.72. The van der Waals surface area contributed by atoms with Crippen LogP contribution < -0.4 is 4.98 Å². The third-order valence-electron chi connectivity index (χ3n) is 8.87. The number of nitrogens with zero attached hydrogens (tertiary/aromatic N) is 5. The zero-order valence-corrected chi connectivity index (χ0v) is 28.3. The fourth-order valence-corrected chi connectivity index (χ4v) is 6.64. The first-order valence-electron chi connectivity index (χ1n) is 15.8. The van der Waals surface area contributed by atoms with E-state index in [9.17, 15) is 5.26 Å². The molecule has 232 valence electrons. The zero-order valence-electron chi connectivity index (χ0n) is 26.0. The van der Waals surface area contributed by atoms with E-state index in [4.69, 9.17) is 9.97 Å². The molecule has 9 rings (SSSR count). The predicted molar refractivity (Wildman–Crippen MR) is 192 cm³/mol. The number of imidazole rings is 1. The molecule has 49 heavy (non-hydrogen) atoms. The van der Waals surface area contributed by atoms with E-state index < -0.39 is 0 Å². The maximum absolute atomic E-state index is 9.81. The molecule has 0 N–H and O–H groups in total. The summed E-state index contributed by atoms with van der Waals surface area (Å²) in [5, 5.41) is 12.1. The fourth-order valence-electron chi connectivity index (χ4n) is 6.64. The molecule has 6 heteroatoms. The van der Waals surface area contributed by atoms with Crippen molar-refractivity contribution >= 4 is 32.8 Å². The van der Waals surface area contributed by atoms with Crippen molar-refractivity contribution in [2.75, 3.05) is 0 Å². The predicted octanol–water partition coefficient (Wildman–Crippen LogP) is 10.0. The normalized spacial score (nSPS) is 11.1. The second kappa shape index (κ2) is 12.5. The number of fused-ring (bicyclic) bond motifs is 4. The smallest absolute Gasteiger partial charge is 0.656 e. The van der Waals surface area contributed by atoms with Crippen molar-refractivity contribution in [2.24, 2.45) is 0 Å². The minimum atomic E-state index is 0. The number of nitriles is 1. The Balaban J connectivity index is 0.00000348. The molecule has 0 radical (unpaired) electrons. The van der Waals surface area contributed by atoms with Gasteiger partial charge in [0.2, 0.25) is 0 Å². The van der Waals surface area contributed by atoms with Crippen LogP contribution in [0, 0.1) is 17.4 Å². The van der Waals surface area contributed by atoms with Crippen molar-refractivity contribution in [3.05, 3.63) is 163 Å². The van der Waals surface area contributed by atoms with E-state index in [1.54, 1.807) is 6.20 Å². The molecule has 0 saturated carbocycles. The Bertz CT molecular complexity index is 2680. The molecule has 0 spiro atoms. The first-order valence-corrected chi connectivity index (χ1v) is 15.8. The summed E-state index contributed by atoms with van der Waals surface area (Å²) in [5.41, 5.74) is 11.6. The maximum Gasteiger partial charge on any atom is 2.00 e. The van der Waals surface area contributed by atoms with E-state index in [1.807, 2.05) is 60.7 Å². The monoisotopic (exact) mass is 806 g/mol. The standard InChI is InChI=1S/C43H25N5.Pt/c44-26-31-27-45-39(25-37(31)28-12-3-1-4-13-28)30-15-9-14-29(24-30)33-19-11-23-40-42(33)47-43(48(40)32-16-5-2-6-17-32)36-21-10-20-35-34-18-7-8-22-38(34)46-41(35)36;/h1-23,25,27H;/q-2;+2. The molecule has 0 aliphatic carbocycles. The molecule has 9 aromatic rings. The van der Waals surface area contributed by atoms with Crippen molar-refractivity contribution < 1.29 is 21.1 Å². The van der Waals surface area contributed by atoms with Gasteiger partial charge in [0.1, 0.15) is 11.9 Å². The Labute approximate surface area is 297 Å². The molecule has 0 fully saturated rings. The van der Waals surface area contributed by atoms with E-state index in [0.29, 0.717) is 5.56 Å². The molecular formula is C43H25N5Pt. The van der Waals surface area contributed by atoms with Gasteiger partial charge >= 0.3 is 21.1 Å². The molecular weight excluding hydrogens is 782 g/mol. The molecule has 0 saturated heterocycles.